The summed E-state index contributed by atoms with van der Waals surface area (Å²) >= 11 is 9.42. The molecule has 2 aromatic rings. The molecule has 154 valence electrons. The maximum absolute atomic E-state index is 13.4. The number of rotatable bonds is 6. The molecule has 0 aliphatic carbocycles. The van der Waals surface area contributed by atoms with Gasteiger partial charge in [-0.2, -0.15) is 4.31 Å². The van der Waals surface area contributed by atoms with E-state index in [0.29, 0.717) is 22.5 Å². The fourth-order valence-electron chi connectivity index (χ4n) is 3.23. The van der Waals surface area contributed by atoms with Crippen molar-refractivity contribution in [3.63, 3.8) is 0 Å². The van der Waals surface area contributed by atoms with E-state index in [-0.39, 0.29) is 17.3 Å². The lowest BCUT2D eigenvalue weighted by molar-refractivity contribution is -0.124. The summed E-state index contributed by atoms with van der Waals surface area (Å²) in [6.07, 6.45) is 3.94. The lowest BCUT2D eigenvalue weighted by atomic mass is 10.1. The molecule has 1 fully saturated rings. The largest absolute Gasteiger partial charge is 0.355 e. The van der Waals surface area contributed by atoms with E-state index in [1.54, 1.807) is 0 Å². The molecular weight excluding hydrogens is 476 g/mol. The number of amides is 1. The Labute approximate surface area is 184 Å². The van der Waals surface area contributed by atoms with Crippen molar-refractivity contribution in [2.45, 2.75) is 30.2 Å². The summed E-state index contributed by atoms with van der Waals surface area (Å²) in [4.78, 5) is 12.8. The van der Waals surface area contributed by atoms with Crippen molar-refractivity contribution in [1.29, 1.82) is 0 Å². The zero-order chi connectivity index (χ0) is 20.9. The Morgan fingerprint density at radius 2 is 1.83 bits per heavy atom. The van der Waals surface area contributed by atoms with Crippen molar-refractivity contribution in [3.05, 3.63) is 69.7 Å². The van der Waals surface area contributed by atoms with Gasteiger partial charge in [0.05, 0.1) is 4.90 Å². The highest BCUT2D eigenvalue weighted by molar-refractivity contribution is 9.11. The third-order valence-electron chi connectivity index (χ3n) is 4.70. The first kappa shape index (κ1) is 22.0. The number of sulfonamides is 1. The Balaban J connectivity index is 1.98. The van der Waals surface area contributed by atoms with Crippen molar-refractivity contribution < 1.29 is 13.2 Å². The van der Waals surface area contributed by atoms with E-state index in [1.807, 2.05) is 36.4 Å². The lowest BCUT2D eigenvalue weighted by Crippen LogP contribution is -2.49. The van der Waals surface area contributed by atoms with Crippen LogP contribution in [0.3, 0.4) is 0 Å². The molecule has 1 saturated heterocycles. The number of carbonyl (C=O) groups is 1. The molecule has 1 unspecified atom stereocenters. The summed E-state index contributed by atoms with van der Waals surface area (Å²) in [7, 11) is -3.91. The van der Waals surface area contributed by atoms with Gasteiger partial charge in [0, 0.05) is 22.6 Å². The summed E-state index contributed by atoms with van der Waals surface area (Å²) in [5.74, 6) is -0.264. The van der Waals surface area contributed by atoms with Crippen LogP contribution in [-0.4, -0.2) is 37.8 Å². The Morgan fingerprint density at radius 1 is 1.14 bits per heavy atom. The summed E-state index contributed by atoms with van der Waals surface area (Å²) < 4.78 is 28.8. The van der Waals surface area contributed by atoms with Gasteiger partial charge in [-0.15, -0.1) is 0 Å². The zero-order valence-corrected chi connectivity index (χ0v) is 18.9. The van der Waals surface area contributed by atoms with Gasteiger partial charge in [-0.1, -0.05) is 57.9 Å². The van der Waals surface area contributed by atoms with Crippen LogP contribution in [0, 0.1) is 0 Å². The highest BCUT2D eigenvalue weighted by Gasteiger charge is 2.36. The molecule has 1 heterocycles. The lowest BCUT2D eigenvalue weighted by Gasteiger charge is -2.29. The predicted molar refractivity (Wildman–Crippen MR) is 119 cm³/mol. The summed E-state index contributed by atoms with van der Waals surface area (Å²) in [5, 5.41) is 3.28. The molecule has 0 saturated carbocycles. The second-order valence-corrected chi connectivity index (χ2v) is 10.2. The van der Waals surface area contributed by atoms with Crippen molar-refractivity contribution in [2.24, 2.45) is 0 Å². The number of hydrogen-bond acceptors (Lipinski definition) is 3. The van der Waals surface area contributed by atoms with Crippen LogP contribution in [0.15, 0.2) is 64.0 Å². The van der Waals surface area contributed by atoms with E-state index in [9.17, 15) is 13.2 Å². The Hall–Kier alpha value is -1.67. The third-order valence-corrected chi connectivity index (χ3v) is 7.30. The van der Waals surface area contributed by atoms with Crippen LogP contribution in [0.1, 0.15) is 24.8 Å². The van der Waals surface area contributed by atoms with Crippen molar-refractivity contribution >= 4 is 49.5 Å². The Kier molecular flexibility index (Phi) is 7.51. The molecule has 2 aromatic carbocycles. The second kappa shape index (κ2) is 9.89. The average Bonchev–Trinajstić information content (AvgIpc) is 2.91. The first-order valence-corrected chi connectivity index (χ1v) is 12.0. The molecule has 1 aliphatic rings. The molecular formula is C21H22BrClN2O3S. The molecule has 1 atom stereocenters. The Morgan fingerprint density at radius 3 is 2.52 bits per heavy atom. The summed E-state index contributed by atoms with van der Waals surface area (Å²) in [6.45, 7) is 0.614. The maximum Gasteiger partial charge on any atom is 0.244 e. The van der Waals surface area contributed by atoms with Gasteiger partial charge in [-0.3, -0.25) is 4.79 Å². The SMILES string of the molecule is O=C1NCCCCC1N(CC(Br)=Cc1ccccc1)S(=O)(=O)c1ccc(Cl)cc1. The number of benzene rings is 2. The molecule has 3 rings (SSSR count). The van der Waals surface area contributed by atoms with E-state index < -0.39 is 16.1 Å². The van der Waals surface area contributed by atoms with Crippen LogP contribution in [0.25, 0.3) is 6.08 Å². The minimum absolute atomic E-state index is 0.0535. The first-order chi connectivity index (χ1) is 13.9. The van der Waals surface area contributed by atoms with Gasteiger partial charge in [-0.05, 0) is 55.2 Å². The molecule has 1 aliphatic heterocycles. The van der Waals surface area contributed by atoms with Gasteiger partial charge >= 0.3 is 0 Å². The standard InChI is InChI=1S/C21H22BrClN2O3S/c22-17(14-16-6-2-1-3-7-16)15-25(20-8-4-5-13-24-21(20)26)29(27,28)19-11-9-18(23)10-12-19/h1-3,6-7,9-12,14,20H,4-5,8,13,15H2,(H,24,26). The van der Waals surface area contributed by atoms with Crippen LogP contribution in [-0.2, 0) is 14.8 Å². The topological polar surface area (TPSA) is 66.5 Å². The third kappa shape index (κ3) is 5.69. The van der Waals surface area contributed by atoms with Crippen LogP contribution in [0.5, 0.6) is 0 Å². The number of halogens is 2. The van der Waals surface area contributed by atoms with Crippen molar-refractivity contribution in [2.75, 3.05) is 13.1 Å². The molecule has 1 N–H and O–H groups in total. The fourth-order valence-corrected chi connectivity index (χ4v) is 5.65. The smallest absolute Gasteiger partial charge is 0.244 e. The first-order valence-electron chi connectivity index (χ1n) is 9.34. The molecule has 8 heteroatoms. The van der Waals surface area contributed by atoms with Crippen LogP contribution in [0.2, 0.25) is 5.02 Å². The van der Waals surface area contributed by atoms with E-state index in [4.69, 9.17) is 11.6 Å². The fraction of sp³-hybridized carbons (Fsp3) is 0.286. The summed E-state index contributed by atoms with van der Waals surface area (Å²) in [6, 6.07) is 14.8. The average molecular weight is 498 g/mol. The molecule has 29 heavy (non-hydrogen) atoms. The number of nitrogens with zero attached hydrogens (tertiary/aromatic N) is 1. The maximum atomic E-state index is 13.4. The molecule has 1 amide bonds. The molecule has 0 radical (unpaired) electrons. The van der Waals surface area contributed by atoms with E-state index in [0.717, 1.165) is 18.4 Å². The van der Waals surface area contributed by atoms with E-state index >= 15 is 0 Å². The zero-order valence-electron chi connectivity index (χ0n) is 15.7. The monoisotopic (exact) mass is 496 g/mol. The van der Waals surface area contributed by atoms with Crippen LogP contribution < -0.4 is 5.32 Å². The minimum atomic E-state index is -3.91. The van der Waals surface area contributed by atoms with E-state index in [1.165, 1.54) is 28.6 Å². The molecule has 0 spiro atoms. The molecule has 0 bridgehead atoms. The van der Waals surface area contributed by atoms with Crippen molar-refractivity contribution in [3.8, 4) is 0 Å². The second-order valence-electron chi connectivity index (χ2n) is 6.81. The normalized spacial score (nSPS) is 18.4. The predicted octanol–water partition coefficient (Wildman–Crippen LogP) is 4.44. The van der Waals surface area contributed by atoms with E-state index in [2.05, 4.69) is 21.2 Å². The van der Waals surface area contributed by atoms with Gasteiger partial charge in [0.25, 0.3) is 0 Å². The quantitative estimate of drug-likeness (QED) is 0.642. The van der Waals surface area contributed by atoms with Gasteiger partial charge in [0.1, 0.15) is 6.04 Å². The van der Waals surface area contributed by atoms with Gasteiger partial charge in [-0.25, -0.2) is 8.42 Å². The minimum Gasteiger partial charge on any atom is -0.355 e. The summed E-state index contributed by atoms with van der Waals surface area (Å²) in [5.41, 5.74) is 0.938. The molecule has 5 nitrogen and oxygen atoms in total. The van der Waals surface area contributed by atoms with Gasteiger partial charge in [0.2, 0.25) is 15.9 Å². The highest BCUT2D eigenvalue weighted by Crippen LogP contribution is 2.26. The van der Waals surface area contributed by atoms with Crippen molar-refractivity contribution in [1.82, 2.24) is 9.62 Å². The number of carbonyl (C=O) groups excluding carboxylic acids is 1. The highest BCUT2D eigenvalue weighted by atomic mass is 79.9. The van der Waals surface area contributed by atoms with Crippen LogP contribution in [0.4, 0.5) is 0 Å². The Bertz CT molecular complexity index is 979. The van der Waals surface area contributed by atoms with Gasteiger partial charge < -0.3 is 5.32 Å². The van der Waals surface area contributed by atoms with Crippen LogP contribution >= 0.6 is 27.5 Å². The number of nitrogens with one attached hydrogen (secondary N) is 1. The van der Waals surface area contributed by atoms with Gasteiger partial charge in [0.15, 0.2) is 0 Å². The molecule has 0 aromatic heterocycles. The number of hydrogen-bond donors (Lipinski definition) is 1.